The van der Waals surface area contributed by atoms with Crippen molar-refractivity contribution in [2.45, 2.75) is 31.6 Å². The summed E-state index contributed by atoms with van der Waals surface area (Å²) < 4.78 is 12.8. The van der Waals surface area contributed by atoms with Gasteiger partial charge in [0.25, 0.3) is 0 Å². The summed E-state index contributed by atoms with van der Waals surface area (Å²) >= 11 is 1.52. The number of nitrogens with zero attached hydrogens (tertiary/aromatic N) is 3. The minimum Gasteiger partial charge on any atom is -0.454 e. The van der Waals surface area contributed by atoms with E-state index in [0.29, 0.717) is 31.0 Å². The topological polar surface area (TPSA) is 90.3 Å². The van der Waals surface area contributed by atoms with Crippen LogP contribution in [0.1, 0.15) is 23.4 Å². The average Bonchev–Trinajstić information content (AvgIpc) is 3.54. The van der Waals surface area contributed by atoms with Crippen LogP contribution in [0.5, 0.6) is 11.5 Å². The van der Waals surface area contributed by atoms with Gasteiger partial charge in [-0.15, -0.1) is 10.2 Å². The molecule has 184 valence electrons. The maximum Gasteiger partial charge on any atom is 0.231 e. The van der Waals surface area contributed by atoms with Crippen LogP contribution in [0.2, 0.25) is 0 Å². The molecule has 0 bridgehead atoms. The number of para-hydroxylation sites is 1. The van der Waals surface area contributed by atoms with E-state index in [0.717, 1.165) is 33.7 Å². The Hall–Kier alpha value is -3.98. The van der Waals surface area contributed by atoms with Gasteiger partial charge in [0.1, 0.15) is 0 Å². The van der Waals surface area contributed by atoms with E-state index < -0.39 is 0 Å². The van der Waals surface area contributed by atoms with Crippen LogP contribution >= 0.6 is 11.8 Å². The van der Waals surface area contributed by atoms with E-state index in [9.17, 15) is 4.79 Å². The summed E-state index contributed by atoms with van der Waals surface area (Å²) in [5, 5.41) is 16.0. The number of benzene rings is 3. The number of thioether (sulfide) groups is 1. The van der Waals surface area contributed by atoms with Crippen molar-refractivity contribution in [3.8, 4) is 17.2 Å². The zero-order valence-electron chi connectivity index (χ0n) is 19.9. The SMILES string of the molecule is Cc1ccc(NCc2nnc(SCCC(=O)NCc3ccc4c(c3)OCO4)n2-c2ccccc2)cc1. The lowest BCUT2D eigenvalue weighted by Gasteiger charge is -2.11. The predicted molar refractivity (Wildman–Crippen MR) is 140 cm³/mol. The largest absolute Gasteiger partial charge is 0.454 e. The number of ether oxygens (including phenoxy) is 2. The Morgan fingerprint density at radius 1 is 0.972 bits per heavy atom. The zero-order valence-corrected chi connectivity index (χ0v) is 20.8. The van der Waals surface area contributed by atoms with Gasteiger partial charge in [-0.2, -0.15) is 0 Å². The molecule has 1 aliphatic rings. The highest BCUT2D eigenvalue weighted by atomic mass is 32.2. The molecule has 1 aliphatic heterocycles. The van der Waals surface area contributed by atoms with Gasteiger partial charge in [0.05, 0.1) is 6.54 Å². The lowest BCUT2D eigenvalue weighted by Crippen LogP contribution is -2.23. The van der Waals surface area contributed by atoms with E-state index in [1.54, 1.807) is 0 Å². The molecule has 0 radical (unpaired) electrons. The first kappa shape index (κ1) is 23.7. The molecular weight excluding hydrogens is 474 g/mol. The smallest absolute Gasteiger partial charge is 0.231 e. The van der Waals surface area contributed by atoms with Gasteiger partial charge in [0.15, 0.2) is 22.5 Å². The maximum absolute atomic E-state index is 12.5. The van der Waals surface area contributed by atoms with Crippen LogP contribution in [0.25, 0.3) is 5.69 Å². The van der Waals surface area contributed by atoms with E-state index >= 15 is 0 Å². The van der Waals surface area contributed by atoms with Gasteiger partial charge in [-0.05, 0) is 48.9 Å². The highest BCUT2D eigenvalue weighted by Gasteiger charge is 2.16. The number of nitrogens with one attached hydrogen (secondary N) is 2. The van der Waals surface area contributed by atoms with Crippen molar-refractivity contribution in [3.63, 3.8) is 0 Å². The molecule has 4 aromatic rings. The molecule has 5 rings (SSSR count). The predicted octanol–water partition coefficient (Wildman–Crippen LogP) is 4.72. The fraction of sp³-hybridized carbons (Fsp3) is 0.222. The van der Waals surface area contributed by atoms with Crippen LogP contribution in [0.4, 0.5) is 5.69 Å². The number of amides is 1. The Morgan fingerprint density at radius 3 is 2.61 bits per heavy atom. The standard InChI is InChI=1S/C27H27N5O3S/c1-19-7-10-21(11-8-19)28-17-25-30-31-27(32(25)22-5-3-2-4-6-22)36-14-13-26(33)29-16-20-9-12-23-24(15-20)35-18-34-23/h2-12,15,28H,13-14,16-18H2,1H3,(H,29,33). The Balaban J connectivity index is 1.18. The fourth-order valence-corrected chi connectivity index (χ4v) is 4.68. The second kappa shape index (κ2) is 11.2. The molecule has 0 aliphatic carbocycles. The first-order chi connectivity index (χ1) is 17.7. The lowest BCUT2D eigenvalue weighted by atomic mass is 10.2. The fourth-order valence-electron chi connectivity index (χ4n) is 3.77. The lowest BCUT2D eigenvalue weighted by molar-refractivity contribution is -0.120. The molecule has 36 heavy (non-hydrogen) atoms. The normalized spacial score (nSPS) is 11.9. The van der Waals surface area contributed by atoms with Gasteiger partial charge in [-0.1, -0.05) is 53.7 Å². The van der Waals surface area contributed by atoms with Crippen LogP contribution in [-0.2, 0) is 17.9 Å². The summed E-state index contributed by atoms with van der Waals surface area (Å²) in [4.78, 5) is 12.5. The van der Waals surface area contributed by atoms with Gasteiger partial charge in [0, 0.05) is 30.1 Å². The molecule has 0 saturated carbocycles. The van der Waals surface area contributed by atoms with Crippen molar-refractivity contribution >= 4 is 23.4 Å². The van der Waals surface area contributed by atoms with Crippen molar-refractivity contribution in [3.05, 3.63) is 89.7 Å². The summed E-state index contributed by atoms with van der Waals surface area (Å²) in [5.41, 5.74) is 4.19. The average molecular weight is 502 g/mol. The molecule has 0 unspecified atom stereocenters. The van der Waals surface area contributed by atoms with Crippen molar-refractivity contribution in [1.29, 1.82) is 0 Å². The number of aromatic nitrogens is 3. The van der Waals surface area contributed by atoms with Gasteiger partial charge in [-0.3, -0.25) is 9.36 Å². The Bertz CT molecular complexity index is 1330. The summed E-state index contributed by atoms with van der Waals surface area (Å²) in [5.74, 6) is 2.81. The number of carbonyl (C=O) groups excluding carboxylic acids is 1. The van der Waals surface area contributed by atoms with Crippen molar-refractivity contribution < 1.29 is 14.3 Å². The minimum absolute atomic E-state index is 0.0211. The van der Waals surface area contributed by atoms with Crippen LogP contribution < -0.4 is 20.1 Å². The number of anilines is 1. The van der Waals surface area contributed by atoms with Gasteiger partial charge in [0.2, 0.25) is 12.7 Å². The Labute approximate surface area is 214 Å². The first-order valence-electron chi connectivity index (χ1n) is 11.7. The molecule has 8 nitrogen and oxygen atoms in total. The third-order valence-corrected chi connectivity index (χ3v) is 6.63. The van der Waals surface area contributed by atoms with Gasteiger partial charge in [-0.25, -0.2) is 0 Å². The van der Waals surface area contributed by atoms with Crippen molar-refractivity contribution in [2.24, 2.45) is 0 Å². The van der Waals surface area contributed by atoms with E-state index in [1.807, 2.05) is 53.1 Å². The summed E-state index contributed by atoms with van der Waals surface area (Å²) in [6, 6.07) is 24.0. The molecule has 0 fully saturated rings. The molecule has 0 saturated heterocycles. The molecule has 0 atom stereocenters. The van der Waals surface area contributed by atoms with Gasteiger partial charge < -0.3 is 20.1 Å². The monoisotopic (exact) mass is 501 g/mol. The Kier molecular flexibility index (Phi) is 7.37. The molecule has 9 heteroatoms. The van der Waals surface area contributed by atoms with Crippen molar-refractivity contribution in [1.82, 2.24) is 20.1 Å². The minimum atomic E-state index is -0.0211. The molecular formula is C27H27N5O3S. The third-order valence-electron chi connectivity index (χ3n) is 5.70. The molecule has 0 spiro atoms. The van der Waals surface area contributed by atoms with E-state index in [1.165, 1.54) is 17.3 Å². The van der Waals surface area contributed by atoms with Gasteiger partial charge >= 0.3 is 0 Å². The third kappa shape index (κ3) is 5.80. The maximum atomic E-state index is 12.5. The Morgan fingerprint density at radius 2 is 1.78 bits per heavy atom. The number of hydrogen-bond donors (Lipinski definition) is 2. The zero-order chi connectivity index (χ0) is 24.7. The van der Waals surface area contributed by atoms with Crippen molar-refractivity contribution in [2.75, 3.05) is 17.9 Å². The number of carbonyl (C=O) groups is 1. The summed E-state index contributed by atoms with van der Waals surface area (Å²) in [6.07, 6.45) is 0.369. The highest BCUT2D eigenvalue weighted by molar-refractivity contribution is 7.99. The second-order valence-corrected chi connectivity index (χ2v) is 9.41. The van der Waals surface area contributed by atoms with E-state index in [-0.39, 0.29) is 12.7 Å². The molecule has 3 aromatic carbocycles. The van der Waals surface area contributed by atoms with Crippen LogP contribution in [0, 0.1) is 6.92 Å². The van der Waals surface area contributed by atoms with Crippen LogP contribution in [0.15, 0.2) is 78.0 Å². The van der Waals surface area contributed by atoms with E-state index in [2.05, 4.69) is 52.0 Å². The second-order valence-electron chi connectivity index (χ2n) is 8.35. The summed E-state index contributed by atoms with van der Waals surface area (Å²) in [6.45, 7) is 3.27. The highest BCUT2D eigenvalue weighted by Crippen LogP contribution is 2.32. The molecule has 2 heterocycles. The summed E-state index contributed by atoms with van der Waals surface area (Å²) in [7, 11) is 0. The molecule has 1 aromatic heterocycles. The van der Waals surface area contributed by atoms with Crippen LogP contribution in [0.3, 0.4) is 0 Å². The number of fused-ring (bicyclic) bond motifs is 1. The molecule has 1 amide bonds. The first-order valence-corrected chi connectivity index (χ1v) is 12.7. The van der Waals surface area contributed by atoms with E-state index in [4.69, 9.17) is 9.47 Å². The number of rotatable bonds is 10. The molecule has 2 N–H and O–H groups in total. The van der Waals surface area contributed by atoms with Crippen LogP contribution in [-0.4, -0.2) is 33.2 Å². The number of hydrogen-bond acceptors (Lipinski definition) is 7. The quantitative estimate of drug-likeness (QED) is 0.304. The number of aryl methyl sites for hydroxylation is 1.